The molecular weight excluding hydrogens is 414 g/mol. The Labute approximate surface area is 187 Å². The second kappa shape index (κ2) is 9.88. The Kier molecular flexibility index (Phi) is 7.65. The Bertz CT molecular complexity index is 879. The van der Waals surface area contributed by atoms with E-state index < -0.39 is 10.0 Å². The van der Waals surface area contributed by atoms with E-state index in [1.54, 1.807) is 12.1 Å². The van der Waals surface area contributed by atoms with Crippen molar-refractivity contribution in [1.29, 1.82) is 0 Å². The fraction of sp³-hybridized carbons (Fsp3) is 0.696. The average Bonchev–Trinajstić information content (AvgIpc) is 2.77. The van der Waals surface area contributed by atoms with E-state index in [0.29, 0.717) is 18.7 Å². The number of nitrogens with zero attached hydrogens (tertiary/aromatic N) is 2. The molecule has 2 saturated heterocycles. The number of hydrogen-bond acceptors (Lipinski definition) is 5. The molecule has 1 atom stereocenters. The zero-order chi connectivity index (χ0) is 22.6. The fourth-order valence-corrected chi connectivity index (χ4v) is 6.47. The molecule has 2 aliphatic heterocycles. The normalized spacial score (nSPS) is 21.6. The summed E-state index contributed by atoms with van der Waals surface area (Å²) in [7, 11) is -2.30. The van der Waals surface area contributed by atoms with Gasteiger partial charge in [-0.2, -0.15) is 4.31 Å². The predicted molar refractivity (Wildman–Crippen MR) is 122 cm³/mol. The van der Waals surface area contributed by atoms with Gasteiger partial charge in [-0.05, 0) is 77.7 Å². The highest BCUT2D eigenvalue weighted by molar-refractivity contribution is 7.89. The van der Waals surface area contributed by atoms with E-state index in [2.05, 4.69) is 24.1 Å². The van der Waals surface area contributed by atoms with E-state index >= 15 is 0 Å². The van der Waals surface area contributed by atoms with E-state index in [1.807, 2.05) is 6.92 Å². The second-order valence-corrected chi connectivity index (χ2v) is 11.2. The summed E-state index contributed by atoms with van der Waals surface area (Å²) < 4.78 is 33.6. The van der Waals surface area contributed by atoms with Crippen molar-refractivity contribution in [2.24, 2.45) is 0 Å². The number of piperidine rings is 2. The topological polar surface area (TPSA) is 79.0 Å². The number of methoxy groups -OCH3 is 1. The highest BCUT2D eigenvalue weighted by Crippen LogP contribution is 2.31. The molecule has 31 heavy (non-hydrogen) atoms. The second-order valence-electron chi connectivity index (χ2n) is 9.37. The lowest BCUT2D eigenvalue weighted by Gasteiger charge is -2.41. The first-order valence-corrected chi connectivity index (χ1v) is 12.8. The minimum absolute atomic E-state index is 0.0618. The Morgan fingerprint density at radius 2 is 1.81 bits per heavy atom. The molecule has 1 N–H and O–H groups in total. The van der Waals surface area contributed by atoms with Crippen molar-refractivity contribution in [3.63, 3.8) is 0 Å². The molecule has 0 spiro atoms. The largest absolute Gasteiger partial charge is 0.495 e. The van der Waals surface area contributed by atoms with Crippen LogP contribution in [0.25, 0.3) is 0 Å². The lowest BCUT2D eigenvalue weighted by molar-refractivity contribution is 0.0797. The van der Waals surface area contributed by atoms with E-state index in [-0.39, 0.29) is 28.1 Å². The molecule has 8 heteroatoms. The number of carbonyl (C=O) groups is 1. The van der Waals surface area contributed by atoms with Gasteiger partial charge in [0.05, 0.1) is 7.11 Å². The third-order valence-corrected chi connectivity index (χ3v) is 8.68. The lowest BCUT2D eigenvalue weighted by atomic mass is 9.98. The molecule has 0 saturated carbocycles. The fourth-order valence-electron chi connectivity index (χ4n) is 4.58. The molecule has 1 amide bonds. The van der Waals surface area contributed by atoms with Gasteiger partial charge in [0, 0.05) is 30.2 Å². The number of amides is 1. The Hall–Kier alpha value is -1.64. The minimum Gasteiger partial charge on any atom is -0.495 e. The van der Waals surface area contributed by atoms with Crippen LogP contribution in [-0.2, 0) is 10.0 Å². The van der Waals surface area contributed by atoms with Gasteiger partial charge in [0.25, 0.3) is 5.91 Å². The molecule has 1 aromatic carbocycles. The molecule has 2 heterocycles. The van der Waals surface area contributed by atoms with Crippen LogP contribution < -0.4 is 10.1 Å². The molecule has 2 fully saturated rings. The highest BCUT2D eigenvalue weighted by atomic mass is 32.2. The summed E-state index contributed by atoms with van der Waals surface area (Å²) in [6.45, 7) is 9.29. The monoisotopic (exact) mass is 451 g/mol. The first kappa shape index (κ1) is 24.0. The van der Waals surface area contributed by atoms with Gasteiger partial charge in [-0.25, -0.2) is 8.42 Å². The summed E-state index contributed by atoms with van der Waals surface area (Å²) in [6.07, 6.45) is 6.35. The Morgan fingerprint density at radius 1 is 1.13 bits per heavy atom. The Balaban J connectivity index is 1.78. The van der Waals surface area contributed by atoms with Crippen LogP contribution in [0.15, 0.2) is 23.1 Å². The summed E-state index contributed by atoms with van der Waals surface area (Å²) in [5.74, 6) is -0.00106. The SMILES string of the molecule is COc1ccc(C(=O)NCC(C)(C)N2CCCCC2)cc1S(=O)(=O)N1CCCCC1C. The zero-order valence-corrected chi connectivity index (χ0v) is 20.1. The number of carbonyl (C=O) groups excluding carboxylic acids is 1. The van der Waals surface area contributed by atoms with Crippen LogP contribution >= 0.6 is 0 Å². The van der Waals surface area contributed by atoms with Gasteiger partial charge >= 0.3 is 0 Å². The van der Waals surface area contributed by atoms with Gasteiger partial charge in [0.1, 0.15) is 10.6 Å². The van der Waals surface area contributed by atoms with Crippen molar-refractivity contribution in [3.05, 3.63) is 23.8 Å². The summed E-state index contributed by atoms with van der Waals surface area (Å²) >= 11 is 0. The van der Waals surface area contributed by atoms with Crippen molar-refractivity contribution in [3.8, 4) is 5.75 Å². The summed E-state index contributed by atoms with van der Waals surface area (Å²) in [6, 6.07) is 4.59. The van der Waals surface area contributed by atoms with Crippen molar-refractivity contribution in [2.75, 3.05) is 33.3 Å². The molecule has 1 aromatic rings. The summed E-state index contributed by atoms with van der Waals surface area (Å²) in [4.78, 5) is 15.4. The molecule has 0 aromatic heterocycles. The van der Waals surface area contributed by atoms with Crippen LogP contribution in [0.5, 0.6) is 5.75 Å². The highest BCUT2D eigenvalue weighted by Gasteiger charge is 2.34. The van der Waals surface area contributed by atoms with Crippen molar-refractivity contribution in [2.45, 2.75) is 75.8 Å². The molecule has 3 rings (SSSR count). The molecule has 7 nitrogen and oxygen atoms in total. The van der Waals surface area contributed by atoms with Crippen molar-refractivity contribution in [1.82, 2.24) is 14.5 Å². The quantitative estimate of drug-likeness (QED) is 0.688. The van der Waals surface area contributed by atoms with Crippen LogP contribution in [0.1, 0.15) is 69.7 Å². The zero-order valence-electron chi connectivity index (χ0n) is 19.3. The van der Waals surface area contributed by atoms with Crippen molar-refractivity contribution < 1.29 is 17.9 Å². The third kappa shape index (κ3) is 5.41. The molecule has 0 aliphatic carbocycles. The standard InChI is InChI=1S/C23H37N3O4S/c1-18-10-6-9-15-26(18)31(28,29)21-16-19(11-12-20(21)30-4)22(27)24-17-23(2,3)25-13-7-5-8-14-25/h11-12,16,18H,5-10,13-15,17H2,1-4H3,(H,24,27). The average molecular weight is 452 g/mol. The number of hydrogen-bond donors (Lipinski definition) is 1. The number of sulfonamides is 1. The maximum Gasteiger partial charge on any atom is 0.251 e. The third-order valence-electron chi connectivity index (χ3n) is 6.65. The number of likely N-dealkylation sites (tertiary alicyclic amines) is 1. The van der Waals surface area contributed by atoms with Crippen LogP contribution in [-0.4, -0.2) is 68.4 Å². The summed E-state index contributed by atoms with van der Waals surface area (Å²) in [5, 5.41) is 3.01. The van der Waals surface area contributed by atoms with Gasteiger partial charge in [0.15, 0.2) is 0 Å². The molecular formula is C23H37N3O4S. The van der Waals surface area contributed by atoms with E-state index in [0.717, 1.165) is 32.4 Å². The van der Waals surface area contributed by atoms with Gasteiger partial charge in [-0.1, -0.05) is 12.8 Å². The number of rotatable bonds is 7. The lowest BCUT2D eigenvalue weighted by Crippen LogP contribution is -2.53. The molecule has 0 bridgehead atoms. The number of benzene rings is 1. The summed E-state index contributed by atoms with van der Waals surface area (Å²) in [5.41, 5.74) is 0.180. The van der Waals surface area contributed by atoms with E-state index in [4.69, 9.17) is 4.74 Å². The van der Waals surface area contributed by atoms with Crippen LogP contribution in [0.2, 0.25) is 0 Å². The van der Waals surface area contributed by atoms with E-state index in [9.17, 15) is 13.2 Å². The first-order valence-electron chi connectivity index (χ1n) is 11.4. The predicted octanol–water partition coefficient (Wildman–Crippen LogP) is 3.25. The smallest absolute Gasteiger partial charge is 0.251 e. The minimum atomic E-state index is -3.75. The number of nitrogens with one attached hydrogen (secondary N) is 1. The van der Waals surface area contributed by atoms with Crippen LogP contribution in [0.3, 0.4) is 0 Å². The molecule has 2 aliphatic rings. The van der Waals surface area contributed by atoms with Crippen LogP contribution in [0, 0.1) is 0 Å². The van der Waals surface area contributed by atoms with Crippen LogP contribution in [0.4, 0.5) is 0 Å². The first-order chi connectivity index (χ1) is 14.7. The molecule has 0 radical (unpaired) electrons. The molecule has 174 valence electrons. The van der Waals surface area contributed by atoms with Gasteiger partial charge in [-0.15, -0.1) is 0 Å². The van der Waals surface area contributed by atoms with Gasteiger partial charge < -0.3 is 10.1 Å². The Morgan fingerprint density at radius 3 is 2.45 bits per heavy atom. The van der Waals surface area contributed by atoms with Gasteiger partial charge in [0.2, 0.25) is 10.0 Å². The maximum atomic E-state index is 13.4. The number of ether oxygens (including phenoxy) is 1. The maximum absolute atomic E-state index is 13.4. The van der Waals surface area contributed by atoms with Crippen molar-refractivity contribution >= 4 is 15.9 Å². The molecule has 1 unspecified atom stereocenters. The van der Waals surface area contributed by atoms with Gasteiger partial charge in [-0.3, -0.25) is 9.69 Å². The van der Waals surface area contributed by atoms with E-state index in [1.165, 1.54) is 36.7 Å².